The van der Waals surface area contributed by atoms with Crippen molar-refractivity contribution < 1.29 is 33.2 Å². The van der Waals surface area contributed by atoms with E-state index < -0.39 is 0 Å². The molecule has 270 valence electrons. The summed E-state index contributed by atoms with van der Waals surface area (Å²) in [5, 5.41) is 4.53. The van der Waals surface area contributed by atoms with Gasteiger partial charge in [0.2, 0.25) is 0 Å². The number of aromatic nitrogens is 1. The van der Waals surface area contributed by atoms with E-state index in [-0.39, 0.29) is 5.91 Å². The van der Waals surface area contributed by atoms with Crippen molar-refractivity contribution in [2.45, 2.75) is 13.8 Å². The first kappa shape index (κ1) is 38.8. The Labute approximate surface area is 298 Å². The van der Waals surface area contributed by atoms with Crippen LogP contribution in [0, 0.1) is 6.92 Å². The normalized spacial score (nSPS) is 11.7. The van der Waals surface area contributed by atoms with Gasteiger partial charge in [-0.2, -0.15) is 0 Å². The van der Waals surface area contributed by atoms with Gasteiger partial charge in [0, 0.05) is 55.3 Å². The molecule has 50 heavy (non-hydrogen) atoms. The summed E-state index contributed by atoms with van der Waals surface area (Å²) < 4.78 is 35.2. The van der Waals surface area contributed by atoms with Crippen molar-refractivity contribution in [1.29, 1.82) is 0 Å². The Morgan fingerprint density at radius 1 is 0.840 bits per heavy atom. The zero-order valence-corrected chi connectivity index (χ0v) is 29.8. The first-order chi connectivity index (χ1) is 24.3. The summed E-state index contributed by atoms with van der Waals surface area (Å²) in [6, 6.07) is 17.1. The van der Waals surface area contributed by atoms with Crippen LogP contribution in [0.15, 0.2) is 65.8 Å². The molecule has 0 spiro atoms. The predicted octanol–water partition coefficient (Wildman–Crippen LogP) is 5.29. The number of hydrogen-bond donors (Lipinski definition) is 3. The van der Waals surface area contributed by atoms with E-state index in [1.54, 1.807) is 25.1 Å². The third kappa shape index (κ3) is 12.1. The second-order valence-corrected chi connectivity index (χ2v) is 11.8. The minimum Gasteiger partial charge on any atom is -0.443 e. The highest BCUT2D eigenvalue weighted by molar-refractivity contribution is 6.34. The lowest BCUT2D eigenvalue weighted by Gasteiger charge is -2.12. The van der Waals surface area contributed by atoms with Gasteiger partial charge in [0.05, 0.1) is 82.5 Å². The highest BCUT2D eigenvalue weighted by Crippen LogP contribution is 2.37. The number of halogens is 1. The van der Waals surface area contributed by atoms with Crippen LogP contribution in [-0.4, -0.2) is 95.5 Å². The van der Waals surface area contributed by atoms with Gasteiger partial charge in [0.1, 0.15) is 5.75 Å². The van der Waals surface area contributed by atoms with Crippen LogP contribution < -0.4 is 21.5 Å². The van der Waals surface area contributed by atoms with Crippen LogP contribution in [0.4, 0.5) is 11.4 Å². The Kier molecular flexibility index (Phi) is 16.0. The van der Waals surface area contributed by atoms with Gasteiger partial charge in [-0.25, -0.2) is 4.99 Å². The molecule has 0 radical (unpaired) electrons. The lowest BCUT2D eigenvalue weighted by molar-refractivity contribution is -0.0102. The average molecular weight is 710 g/mol. The number of aryl methyl sites for hydroxylation is 2. The van der Waals surface area contributed by atoms with E-state index in [9.17, 15) is 4.79 Å². The first-order valence-corrected chi connectivity index (χ1v) is 17.0. The molecule has 4 rings (SSSR count). The number of carbonyl (C=O) groups is 1. The van der Waals surface area contributed by atoms with Crippen LogP contribution in [0.25, 0.3) is 22.0 Å². The summed E-state index contributed by atoms with van der Waals surface area (Å²) in [5.41, 5.74) is 16.8. The van der Waals surface area contributed by atoms with Crippen molar-refractivity contribution in [3.8, 4) is 16.9 Å². The van der Waals surface area contributed by atoms with Gasteiger partial charge in [0.25, 0.3) is 5.91 Å². The Morgan fingerprint density at radius 2 is 1.48 bits per heavy atom. The van der Waals surface area contributed by atoms with Crippen LogP contribution in [0.3, 0.4) is 0 Å². The lowest BCUT2D eigenvalue weighted by atomic mass is 10.0. The lowest BCUT2D eigenvalue weighted by Crippen LogP contribution is -2.28. The van der Waals surface area contributed by atoms with Gasteiger partial charge in [-0.05, 0) is 60.5 Å². The van der Waals surface area contributed by atoms with Crippen LogP contribution in [0.1, 0.15) is 22.8 Å². The molecule has 0 atom stereocenters. The minimum atomic E-state index is -0.228. The number of hydrogen-bond acceptors (Lipinski definition) is 10. The number of amides is 1. The van der Waals surface area contributed by atoms with Gasteiger partial charge in [-0.3, -0.25) is 4.79 Å². The Morgan fingerprint density at radius 3 is 2.14 bits per heavy atom. The predicted molar refractivity (Wildman–Crippen MR) is 198 cm³/mol. The smallest absolute Gasteiger partial charge is 0.251 e. The highest BCUT2D eigenvalue weighted by atomic mass is 35.5. The van der Waals surface area contributed by atoms with E-state index in [2.05, 4.69) is 33.1 Å². The molecule has 0 aliphatic heterocycles. The van der Waals surface area contributed by atoms with Gasteiger partial charge in [0.15, 0.2) is 5.90 Å². The summed E-state index contributed by atoms with van der Waals surface area (Å²) in [5.74, 6) is 0.603. The van der Waals surface area contributed by atoms with Crippen molar-refractivity contribution >= 4 is 45.7 Å². The molecule has 0 saturated carbocycles. The van der Waals surface area contributed by atoms with E-state index in [0.717, 1.165) is 27.6 Å². The molecule has 1 aromatic heterocycles. The molecule has 12 nitrogen and oxygen atoms in total. The molecule has 0 unspecified atom stereocenters. The van der Waals surface area contributed by atoms with E-state index in [1.165, 1.54) is 0 Å². The Hall–Kier alpha value is -4.01. The number of aliphatic imine (C=N–C) groups is 1. The maximum atomic E-state index is 12.9. The summed E-state index contributed by atoms with van der Waals surface area (Å²) in [6.07, 6.45) is 2.02. The molecule has 0 aliphatic rings. The van der Waals surface area contributed by atoms with E-state index >= 15 is 0 Å². The third-order valence-corrected chi connectivity index (χ3v) is 7.90. The van der Waals surface area contributed by atoms with Crippen LogP contribution in [0.2, 0.25) is 5.02 Å². The second-order valence-electron chi connectivity index (χ2n) is 11.4. The van der Waals surface area contributed by atoms with Crippen molar-refractivity contribution in [1.82, 2.24) is 9.88 Å². The minimum absolute atomic E-state index is 0.228. The molecular formula is C37H48ClN5O7. The number of rotatable bonds is 21. The number of nitrogens with one attached hydrogen (secondary N) is 1. The molecule has 0 bridgehead atoms. The molecule has 4 aromatic rings. The molecule has 5 N–H and O–H groups in total. The number of nitrogens with two attached hydrogens (primary N) is 2. The molecule has 0 saturated heterocycles. The van der Waals surface area contributed by atoms with Gasteiger partial charge in [-0.1, -0.05) is 23.7 Å². The monoisotopic (exact) mass is 709 g/mol. The number of benzene rings is 3. The van der Waals surface area contributed by atoms with Gasteiger partial charge >= 0.3 is 0 Å². The fourth-order valence-corrected chi connectivity index (χ4v) is 5.29. The third-order valence-electron chi connectivity index (χ3n) is 7.59. The molecule has 0 fully saturated rings. The standard InChI is InChI=1S/C37H48ClN5O7/c1-26-4-6-30(23-31(26)37(44)41-10-13-46-15-17-48-19-21-49-20-18-47-16-14-45-12-9-39)50-27(2)42-35-24-32(33(38)25-34(35)40)28-5-7-36-29(22-28)8-11-43(36)3/h4-8,11,22-25H,9-10,12-21,39-40H2,1-3H3,(H,41,44). The number of ether oxygens (including phenoxy) is 6. The topological polar surface area (TPSA) is 154 Å². The van der Waals surface area contributed by atoms with Crippen molar-refractivity contribution in [2.75, 3.05) is 84.9 Å². The van der Waals surface area contributed by atoms with Gasteiger partial charge in [-0.15, -0.1) is 0 Å². The number of nitrogens with zero attached hydrogens (tertiary/aromatic N) is 2. The molecule has 1 heterocycles. The van der Waals surface area contributed by atoms with Crippen LogP contribution in [-0.2, 0) is 30.7 Å². The van der Waals surface area contributed by atoms with Crippen molar-refractivity contribution in [3.05, 3.63) is 76.9 Å². The Bertz CT molecular complexity index is 1710. The van der Waals surface area contributed by atoms with E-state index in [1.807, 2.05) is 38.4 Å². The molecule has 0 aliphatic carbocycles. The van der Waals surface area contributed by atoms with E-state index in [0.29, 0.717) is 113 Å². The highest BCUT2D eigenvalue weighted by Gasteiger charge is 2.13. The zero-order valence-electron chi connectivity index (χ0n) is 29.0. The van der Waals surface area contributed by atoms with Gasteiger partial charge < -0.3 is 49.8 Å². The number of nitrogen functional groups attached to an aromatic ring is 1. The fourth-order valence-electron chi connectivity index (χ4n) is 5.01. The molecular weight excluding hydrogens is 662 g/mol. The summed E-state index contributed by atoms with van der Waals surface area (Å²) >= 11 is 6.61. The van der Waals surface area contributed by atoms with Crippen LogP contribution >= 0.6 is 11.6 Å². The number of anilines is 1. The van der Waals surface area contributed by atoms with E-state index in [4.69, 9.17) is 51.5 Å². The largest absolute Gasteiger partial charge is 0.443 e. The Balaban J connectivity index is 1.18. The number of carbonyl (C=O) groups excluding carboxylic acids is 1. The van der Waals surface area contributed by atoms with Crippen molar-refractivity contribution in [3.63, 3.8) is 0 Å². The average Bonchev–Trinajstić information content (AvgIpc) is 3.47. The SMILES string of the molecule is CC(=Nc1cc(-c2ccc3c(ccn3C)c2)c(Cl)cc1N)Oc1ccc(C)c(C(=O)NCCOCCOCCOCCOCCOCCN)c1. The quantitative estimate of drug-likeness (QED) is 0.0453. The fraction of sp³-hybridized carbons (Fsp3) is 0.405. The second kappa shape index (κ2) is 20.6. The summed E-state index contributed by atoms with van der Waals surface area (Å²) in [7, 11) is 2.01. The molecule has 13 heteroatoms. The van der Waals surface area contributed by atoms with Crippen LogP contribution in [0.5, 0.6) is 5.75 Å². The summed E-state index contributed by atoms with van der Waals surface area (Å²) in [4.78, 5) is 17.6. The zero-order chi connectivity index (χ0) is 35.7. The first-order valence-electron chi connectivity index (χ1n) is 16.6. The maximum absolute atomic E-state index is 12.9. The molecule has 3 aromatic carbocycles. The summed E-state index contributed by atoms with van der Waals surface area (Å²) in [6.45, 7) is 9.15. The van der Waals surface area contributed by atoms with Crippen molar-refractivity contribution in [2.24, 2.45) is 17.8 Å². The number of fused-ring (bicyclic) bond motifs is 1. The molecule has 1 amide bonds. The maximum Gasteiger partial charge on any atom is 0.251 e.